The fourth-order valence-electron chi connectivity index (χ4n) is 2.92. The first-order chi connectivity index (χ1) is 11.3. The van der Waals surface area contributed by atoms with Crippen LogP contribution >= 0.6 is 0 Å². The summed E-state index contributed by atoms with van der Waals surface area (Å²) in [6, 6.07) is 4.33. The van der Waals surface area contributed by atoms with E-state index >= 15 is 0 Å². The zero-order valence-electron chi connectivity index (χ0n) is 13.1. The highest BCUT2D eigenvalue weighted by Crippen LogP contribution is 2.33. The molecule has 2 amide bonds. The summed E-state index contributed by atoms with van der Waals surface area (Å²) in [5.74, 6) is -0.218. The Morgan fingerprint density at radius 1 is 1.33 bits per heavy atom. The molecule has 24 heavy (non-hydrogen) atoms. The number of benzene rings is 1. The predicted octanol–water partition coefficient (Wildman–Crippen LogP) is 2.90. The van der Waals surface area contributed by atoms with Gasteiger partial charge in [0.25, 0.3) is 0 Å². The molecule has 1 aliphatic heterocycles. The average Bonchev–Trinajstić information content (AvgIpc) is 3.30. The van der Waals surface area contributed by atoms with E-state index in [0.717, 1.165) is 31.4 Å². The zero-order valence-corrected chi connectivity index (χ0v) is 13.1. The number of carbonyl (C=O) groups excluding carboxylic acids is 2. The molecule has 1 saturated carbocycles. The number of hydrogen-bond acceptors (Lipinski definition) is 2. The highest BCUT2D eigenvalue weighted by Gasteiger charge is 2.34. The molecule has 1 saturated heterocycles. The van der Waals surface area contributed by atoms with Crippen LogP contribution in [0.3, 0.4) is 0 Å². The number of amides is 2. The first-order valence-electron chi connectivity index (χ1n) is 8.10. The molecule has 0 spiro atoms. The van der Waals surface area contributed by atoms with Gasteiger partial charge in [-0.3, -0.25) is 9.59 Å². The number of nitrogens with zero attached hydrogens (tertiary/aromatic N) is 1. The summed E-state index contributed by atoms with van der Waals surface area (Å²) in [6.45, 7) is 0.784. The van der Waals surface area contributed by atoms with Crippen LogP contribution in [-0.2, 0) is 15.8 Å². The van der Waals surface area contributed by atoms with Gasteiger partial charge in [-0.05, 0) is 37.0 Å². The van der Waals surface area contributed by atoms with E-state index in [4.69, 9.17) is 0 Å². The summed E-state index contributed by atoms with van der Waals surface area (Å²) in [7, 11) is 0. The lowest BCUT2D eigenvalue weighted by atomic mass is 10.0. The van der Waals surface area contributed by atoms with Crippen molar-refractivity contribution in [2.45, 2.75) is 37.9 Å². The Bertz CT molecular complexity index is 641. The molecule has 3 rings (SSSR count). The normalized spacial score (nSPS) is 19.5. The van der Waals surface area contributed by atoms with Crippen LogP contribution in [0.25, 0.3) is 0 Å². The van der Waals surface area contributed by atoms with Crippen LogP contribution in [0.5, 0.6) is 0 Å². The molecule has 1 N–H and O–H groups in total. The lowest BCUT2D eigenvalue weighted by Gasteiger charge is -2.26. The fourth-order valence-corrected chi connectivity index (χ4v) is 2.92. The summed E-state index contributed by atoms with van der Waals surface area (Å²) < 4.78 is 38.8. The molecule has 0 radical (unpaired) electrons. The number of nitrogens with one attached hydrogen (secondary N) is 1. The topological polar surface area (TPSA) is 49.4 Å². The van der Waals surface area contributed by atoms with Gasteiger partial charge in [-0.25, -0.2) is 0 Å². The summed E-state index contributed by atoms with van der Waals surface area (Å²) in [4.78, 5) is 25.5. The van der Waals surface area contributed by atoms with E-state index in [1.807, 2.05) is 0 Å². The van der Waals surface area contributed by atoms with Gasteiger partial charge in [-0.1, -0.05) is 12.1 Å². The van der Waals surface area contributed by atoms with Gasteiger partial charge in [0.1, 0.15) is 0 Å². The highest BCUT2D eigenvalue weighted by atomic mass is 19.4. The third kappa shape index (κ3) is 3.88. The van der Waals surface area contributed by atoms with Gasteiger partial charge >= 0.3 is 6.18 Å². The first kappa shape index (κ1) is 16.8. The van der Waals surface area contributed by atoms with Gasteiger partial charge in [0.2, 0.25) is 11.8 Å². The summed E-state index contributed by atoms with van der Waals surface area (Å²) in [5.41, 5.74) is -0.378. The molecule has 1 aliphatic carbocycles. The van der Waals surface area contributed by atoms with Crippen molar-refractivity contribution in [3.05, 3.63) is 35.4 Å². The Kier molecular flexibility index (Phi) is 4.51. The van der Waals surface area contributed by atoms with Gasteiger partial charge in [-0.15, -0.1) is 0 Å². The second kappa shape index (κ2) is 6.45. The van der Waals surface area contributed by atoms with Crippen molar-refractivity contribution < 1.29 is 22.8 Å². The summed E-state index contributed by atoms with van der Waals surface area (Å²) in [5, 5.41) is 2.82. The molecule has 7 heteroatoms. The molecule has 4 nitrogen and oxygen atoms in total. The summed E-state index contributed by atoms with van der Waals surface area (Å²) in [6.07, 6.45) is -1.63. The van der Waals surface area contributed by atoms with Crippen LogP contribution in [0, 0.1) is 5.92 Å². The fraction of sp³-hybridized carbons (Fsp3) is 0.529. The van der Waals surface area contributed by atoms with Crippen LogP contribution in [0.1, 0.15) is 42.9 Å². The van der Waals surface area contributed by atoms with E-state index in [-0.39, 0.29) is 24.3 Å². The van der Waals surface area contributed by atoms with E-state index in [9.17, 15) is 22.8 Å². The van der Waals surface area contributed by atoms with E-state index < -0.39 is 17.8 Å². The van der Waals surface area contributed by atoms with Crippen LogP contribution in [0.4, 0.5) is 13.2 Å². The maximum Gasteiger partial charge on any atom is 0.416 e. The maximum atomic E-state index is 12.9. The first-order valence-corrected chi connectivity index (χ1v) is 8.10. The van der Waals surface area contributed by atoms with Crippen molar-refractivity contribution in [3.63, 3.8) is 0 Å². The Balaban J connectivity index is 1.82. The van der Waals surface area contributed by atoms with Gasteiger partial charge in [0.15, 0.2) is 0 Å². The SMILES string of the molecule is O=C(N[C@@H](CN1CCCC1=O)c1cccc(C(F)(F)F)c1)C1CC1. The molecular weight excluding hydrogens is 321 g/mol. The standard InChI is InChI=1S/C17H19F3N2O2/c18-17(19,20)13-4-1-3-12(9-13)14(21-16(24)11-6-7-11)10-22-8-2-5-15(22)23/h1,3-4,9,11,14H,2,5-8,10H2,(H,21,24)/t14-/m0/s1. The van der Waals surface area contributed by atoms with Crippen molar-refractivity contribution in [3.8, 4) is 0 Å². The summed E-state index contributed by atoms with van der Waals surface area (Å²) >= 11 is 0. The molecule has 1 aromatic rings. The van der Waals surface area contributed by atoms with Crippen LogP contribution in [0.2, 0.25) is 0 Å². The molecule has 0 bridgehead atoms. The van der Waals surface area contributed by atoms with E-state index in [2.05, 4.69) is 5.32 Å². The molecule has 2 fully saturated rings. The number of halogens is 3. The average molecular weight is 340 g/mol. The van der Waals surface area contributed by atoms with Gasteiger partial charge in [-0.2, -0.15) is 13.2 Å². The Labute approximate surface area is 138 Å². The number of alkyl halides is 3. The van der Waals surface area contributed by atoms with Crippen LogP contribution in [-0.4, -0.2) is 29.8 Å². The van der Waals surface area contributed by atoms with Crippen molar-refractivity contribution in [1.82, 2.24) is 10.2 Å². The lowest BCUT2D eigenvalue weighted by molar-refractivity contribution is -0.137. The van der Waals surface area contributed by atoms with Gasteiger partial charge in [0.05, 0.1) is 11.6 Å². The van der Waals surface area contributed by atoms with Crippen molar-refractivity contribution in [2.75, 3.05) is 13.1 Å². The smallest absolute Gasteiger partial charge is 0.347 e. The molecule has 0 unspecified atom stereocenters. The molecular formula is C17H19F3N2O2. The van der Waals surface area contributed by atoms with Gasteiger partial charge < -0.3 is 10.2 Å². The number of carbonyl (C=O) groups is 2. The molecule has 0 aromatic heterocycles. The molecule has 1 heterocycles. The maximum absolute atomic E-state index is 12.9. The van der Waals surface area contributed by atoms with Crippen LogP contribution < -0.4 is 5.32 Å². The molecule has 130 valence electrons. The highest BCUT2D eigenvalue weighted by molar-refractivity contribution is 5.81. The van der Waals surface area contributed by atoms with E-state index in [1.54, 1.807) is 11.0 Å². The molecule has 1 atom stereocenters. The number of rotatable bonds is 5. The van der Waals surface area contributed by atoms with Crippen LogP contribution in [0.15, 0.2) is 24.3 Å². The molecule has 2 aliphatic rings. The Morgan fingerprint density at radius 2 is 2.08 bits per heavy atom. The number of likely N-dealkylation sites (tertiary alicyclic amines) is 1. The van der Waals surface area contributed by atoms with E-state index in [0.29, 0.717) is 18.5 Å². The Morgan fingerprint density at radius 3 is 2.67 bits per heavy atom. The minimum atomic E-state index is -4.44. The monoisotopic (exact) mass is 340 g/mol. The predicted molar refractivity (Wildman–Crippen MR) is 80.9 cm³/mol. The quantitative estimate of drug-likeness (QED) is 0.896. The van der Waals surface area contributed by atoms with Crippen molar-refractivity contribution >= 4 is 11.8 Å². The second-order valence-corrected chi connectivity index (χ2v) is 6.40. The minimum absolute atomic E-state index is 0.0207. The van der Waals surface area contributed by atoms with Gasteiger partial charge in [0, 0.05) is 25.4 Å². The lowest BCUT2D eigenvalue weighted by Crippen LogP contribution is -2.39. The van der Waals surface area contributed by atoms with E-state index in [1.165, 1.54) is 6.07 Å². The minimum Gasteiger partial charge on any atom is -0.347 e. The molecule has 1 aromatic carbocycles. The zero-order chi connectivity index (χ0) is 17.3. The largest absolute Gasteiger partial charge is 0.416 e. The van der Waals surface area contributed by atoms with Crippen molar-refractivity contribution in [2.24, 2.45) is 5.92 Å². The third-order valence-electron chi connectivity index (χ3n) is 4.46. The number of hydrogen-bond donors (Lipinski definition) is 1. The second-order valence-electron chi connectivity index (χ2n) is 6.40. The van der Waals surface area contributed by atoms with Crippen molar-refractivity contribution in [1.29, 1.82) is 0 Å². The third-order valence-corrected chi connectivity index (χ3v) is 4.46. The Hall–Kier alpha value is -2.05.